The third-order valence-electron chi connectivity index (χ3n) is 9.92. The summed E-state index contributed by atoms with van der Waals surface area (Å²) in [7, 11) is -1.52. The van der Waals surface area contributed by atoms with Crippen LogP contribution in [-0.4, -0.2) is 71.9 Å². The van der Waals surface area contributed by atoms with Crippen LogP contribution in [0.5, 0.6) is 5.75 Å². The average Bonchev–Trinajstić information content (AvgIpc) is 3.68. The number of anilines is 1. The third kappa shape index (κ3) is 5.37. The molecule has 46 heavy (non-hydrogen) atoms. The van der Waals surface area contributed by atoms with Gasteiger partial charge in [0.15, 0.2) is 19.7 Å². The summed E-state index contributed by atoms with van der Waals surface area (Å²) in [6, 6.07) is 15.8. The van der Waals surface area contributed by atoms with E-state index in [0.717, 1.165) is 18.4 Å². The fourth-order valence-corrected chi connectivity index (χ4v) is 10.6. The first-order valence-corrected chi connectivity index (χ1v) is 19.1. The van der Waals surface area contributed by atoms with Gasteiger partial charge in [-0.25, -0.2) is 0 Å². The second kappa shape index (κ2) is 12.3. The molecule has 0 unspecified atom stereocenters. The molecule has 4 heterocycles. The Morgan fingerprint density at radius 2 is 1.89 bits per heavy atom. The number of carbonyl (C=O) groups excluding carboxylic acids is 2. The maximum Gasteiger partial charge on any atom is 0.297 e. The Labute approximate surface area is 274 Å². The first-order valence-electron chi connectivity index (χ1n) is 15.7. The molecule has 1 spiro atoms. The van der Waals surface area contributed by atoms with Gasteiger partial charge in [0.25, 0.3) is 11.5 Å². The minimum Gasteiger partial charge on any atom is -0.491 e. The molecule has 6 rings (SSSR count). The van der Waals surface area contributed by atoms with E-state index in [1.165, 1.54) is 11.7 Å². The summed E-state index contributed by atoms with van der Waals surface area (Å²) < 4.78 is 13.5. The van der Waals surface area contributed by atoms with E-state index >= 15 is 0 Å². The second-order valence-corrected chi connectivity index (χ2v) is 17.5. The topological polar surface area (TPSA) is 122 Å². The highest BCUT2D eigenvalue weighted by atomic mass is 35.5. The van der Waals surface area contributed by atoms with E-state index in [2.05, 4.69) is 0 Å². The van der Waals surface area contributed by atoms with Gasteiger partial charge in [-0.2, -0.15) is 0 Å². The van der Waals surface area contributed by atoms with Crippen molar-refractivity contribution >= 4 is 37.4 Å². The van der Waals surface area contributed by atoms with Crippen molar-refractivity contribution in [3.63, 3.8) is 0 Å². The van der Waals surface area contributed by atoms with Crippen molar-refractivity contribution in [2.24, 2.45) is 5.92 Å². The van der Waals surface area contributed by atoms with Gasteiger partial charge in [0.05, 0.1) is 44.5 Å². The largest absolute Gasteiger partial charge is 0.491 e. The predicted molar refractivity (Wildman–Crippen MR) is 177 cm³/mol. The van der Waals surface area contributed by atoms with Crippen LogP contribution in [0.15, 0.2) is 65.6 Å². The Kier molecular flexibility index (Phi) is 8.66. The van der Waals surface area contributed by atoms with Gasteiger partial charge in [-0.15, -0.1) is 0 Å². The third-order valence-corrected chi connectivity index (χ3v) is 12.7. The summed E-state index contributed by atoms with van der Waals surface area (Å²) in [6.07, 6.45) is 2.56. The average molecular weight is 666 g/mol. The van der Waals surface area contributed by atoms with Crippen molar-refractivity contribution in [3.05, 3.63) is 87.3 Å². The zero-order chi connectivity index (χ0) is 33.0. The van der Waals surface area contributed by atoms with Crippen molar-refractivity contribution in [1.82, 2.24) is 9.47 Å². The highest BCUT2D eigenvalue weighted by molar-refractivity contribution is 6.71. The van der Waals surface area contributed by atoms with Crippen molar-refractivity contribution in [2.45, 2.75) is 69.1 Å². The lowest BCUT2D eigenvalue weighted by Crippen LogP contribution is -2.46. The number of methoxy groups -OCH3 is 1. The maximum absolute atomic E-state index is 14.7. The summed E-state index contributed by atoms with van der Waals surface area (Å²) in [5, 5.41) is 10.3. The van der Waals surface area contributed by atoms with E-state index < -0.39 is 31.5 Å². The van der Waals surface area contributed by atoms with Crippen LogP contribution >= 0.6 is 11.6 Å². The van der Waals surface area contributed by atoms with Crippen LogP contribution in [0, 0.1) is 5.92 Å². The van der Waals surface area contributed by atoms with Gasteiger partial charge in [-0.05, 0) is 74.0 Å². The standard InChI is InChI=1S/C34H40ClN3O7Si/c1-21-31(46(3,4)43)29(18-30(40)36-15-5-7-25(36)20-39)45-34(21)26-17-23(35)11-14-27(26)38(33(34)42)19-22-9-12-24(13-10-22)37-16-6-8-28(44-2)32(37)41/h6,8-14,16-17,21,25,29,31,39,43H,5,7,15,18-20H2,1-4H3/t21-,25+,29+,31-,34+/m1/s1. The lowest BCUT2D eigenvalue weighted by atomic mass is 9.82. The van der Waals surface area contributed by atoms with E-state index in [1.54, 1.807) is 40.3 Å². The number of amides is 2. The predicted octanol–water partition coefficient (Wildman–Crippen LogP) is 4.22. The Morgan fingerprint density at radius 3 is 2.57 bits per heavy atom. The van der Waals surface area contributed by atoms with Crippen molar-refractivity contribution in [2.75, 3.05) is 25.2 Å². The molecule has 12 heteroatoms. The molecule has 10 nitrogen and oxygen atoms in total. The molecule has 3 aromatic rings. The molecular formula is C34H40ClN3O7Si. The number of pyridine rings is 1. The molecule has 0 saturated carbocycles. The Balaban J connectivity index is 1.33. The number of ether oxygens (including phenoxy) is 2. The second-order valence-electron chi connectivity index (χ2n) is 13.1. The SMILES string of the molecule is COc1cccn(-c2ccc(CN3C(=O)[C@@]4(O[C@@H](CC(=O)N5CCC[C@H]5CO)[C@H]([Si](C)(C)O)[C@H]4C)c4cc(Cl)ccc43)cc2)c1=O. The van der Waals surface area contributed by atoms with Gasteiger partial charge in [0.2, 0.25) is 5.91 Å². The molecule has 2 aromatic carbocycles. The van der Waals surface area contributed by atoms with Gasteiger partial charge in [0.1, 0.15) is 0 Å². The van der Waals surface area contributed by atoms with Crippen LogP contribution in [0.3, 0.4) is 0 Å². The van der Waals surface area contributed by atoms with Crippen LogP contribution in [0.25, 0.3) is 5.69 Å². The smallest absolute Gasteiger partial charge is 0.297 e. The minimum absolute atomic E-state index is 0.0124. The zero-order valence-electron chi connectivity index (χ0n) is 26.5. The van der Waals surface area contributed by atoms with Crippen LogP contribution in [0.1, 0.15) is 37.3 Å². The first kappa shape index (κ1) is 32.5. The van der Waals surface area contributed by atoms with Gasteiger partial charge < -0.3 is 29.2 Å². The summed E-state index contributed by atoms with van der Waals surface area (Å²) in [4.78, 5) is 55.9. The van der Waals surface area contributed by atoms with Crippen LogP contribution in [0.4, 0.5) is 5.69 Å². The molecule has 2 saturated heterocycles. The number of likely N-dealkylation sites (tertiary alicyclic amines) is 1. The van der Waals surface area contributed by atoms with Gasteiger partial charge in [-0.3, -0.25) is 19.0 Å². The molecule has 5 atom stereocenters. The van der Waals surface area contributed by atoms with Gasteiger partial charge >= 0.3 is 0 Å². The van der Waals surface area contributed by atoms with E-state index in [4.69, 9.17) is 21.1 Å². The molecule has 3 aliphatic heterocycles. The molecule has 2 amide bonds. The first-order chi connectivity index (χ1) is 21.9. The summed E-state index contributed by atoms with van der Waals surface area (Å²) in [5.41, 5.74) is 0.662. The highest BCUT2D eigenvalue weighted by Crippen LogP contribution is 2.60. The number of carbonyl (C=O) groups is 2. The molecule has 0 bridgehead atoms. The monoisotopic (exact) mass is 665 g/mol. The molecule has 0 aliphatic carbocycles. The number of aromatic nitrogens is 1. The molecule has 0 radical (unpaired) electrons. The Morgan fingerprint density at radius 1 is 1.15 bits per heavy atom. The van der Waals surface area contributed by atoms with Crippen molar-refractivity contribution in [3.8, 4) is 11.4 Å². The number of rotatable bonds is 8. The van der Waals surface area contributed by atoms with Crippen molar-refractivity contribution < 1.29 is 29.0 Å². The number of halogens is 1. The minimum atomic E-state index is -2.97. The van der Waals surface area contributed by atoms with E-state index in [1.807, 2.05) is 50.3 Å². The summed E-state index contributed by atoms with van der Waals surface area (Å²) in [6.45, 7) is 6.28. The number of aliphatic hydroxyl groups excluding tert-OH is 1. The Hall–Kier alpha value is -3.48. The number of hydrogen-bond donors (Lipinski definition) is 2. The van der Waals surface area contributed by atoms with E-state index in [0.29, 0.717) is 28.5 Å². The molecule has 2 N–H and O–H groups in total. The van der Waals surface area contributed by atoms with Crippen LogP contribution in [-0.2, 0) is 26.5 Å². The fourth-order valence-electron chi connectivity index (χ4n) is 7.83. The van der Waals surface area contributed by atoms with Crippen LogP contribution in [0.2, 0.25) is 23.7 Å². The highest BCUT2D eigenvalue weighted by Gasteiger charge is 2.66. The normalized spacial score (nSPS) is 25.8. The number of benzene rings is 2. The molecule has 1 aromatic heterocycles. The number of fused-ring (bicyclic) bond motifs is 2. The molecule has 3 aliphatic rings. The van der Waals surface area contributed by atoms with E-state index in [9.17, 15) is 24.3 Å². The van der Waals surface area contributed by atoms with Gasteiger partial charge in [-0.1, -0.05) is 30.7 Å². The Bertz CT molecular complexity index is 1710. The lowest BCUT2D eigenvalue weighted by Gasteiger charge is -2.32. The quantitative estimate of drug-likeness (QED) is 0.346. The zero-order valence-corrected chi connectivity index (χ0v) is 28.2. The fraction of sp³-hybridized carbons (Fsp3) is 0.441. The molecule has 244 valence electrons. The lowest BCUT2D eigenvalue weighted by molar-refractivity contribution is -0.150. The molecular weight excluding hydrogens is 626 g/mol. The summed E-state index contributed by atoms with van der Waals surface area (Å²) in [5.74, 6) is -0.612. The molecule has 2 fully saturated rings. The maximum atomic E-state index is 14.7. The number of hydrogen-bond acceptors (Lipinski definition) is 7. The summed E-state index contributed by atoms with van der Waals surface area (Å²) >= 11 is 6.52. The number of nitrogens with zero attached hydrogens (tertiary/aromatic N) is 3. The van der Waals surface area contributed by atoms with E-state index in [-0.39, 0.29) is 48.7 Å². The van der Waals surface area contributed by atoms with Crippen molar-refractivity contribution in [1.29, 1.82) is 0 Å². The number of aliphatic hydroxyl groups is 1. The van der Waals surface area contributed by atoms with Crippen LogP contribution < -0.4 is 15.2 Å². The van der Waals surface area contributed by atoms with Gasteiger partial charge in [0, 0.05) is 40.5 Å².